The van der Waals surface area contributed by atoms with Gasteiger partial charge in [0, 0.05) is 22.9 Å². The lowest BCUT2D eigenvalue weighted by atomic mass is 10.0. The van der Waals surface area contributed by atoms with Crippen LogP contribution in [-0.2, 0) is 6.54 Å². The zero-order valence-corrected chi connectivity index (χ0v) is 11.7. The first-order chi connectivity index (χ1) is 7.81. The van der Waals surface area contributed by atoms with E-state index >= 15 is 0 Å². The van der Waals surface area contributed by atoms with Gasteiger partial charge in [-0.2, -0.15) is 0 Å². The first-order valence-corrected chi connectivity index (χ1v) is 7.17. The van der Waals surface area contributed by atoms with Crippen molar-refractivity contribution in [2.75, 3.05) is 12.4 Å². The molecule has 0 aromatic heterocycles. The minimum absolute atomic E-state index is 0.558. The van der Waals surface area contributed by atoms with E-state index in [9.17, 15) is 0 Å². The molecule has 1 fully saturated rings. The van der Waals surface area contributed by atoms with Gasteiger partial charge < -0.3 is 0 Å². The molecule has 0 aliphatic carbocycles. The third-order valence-corrected chi connectivity index (χ3v) is 4.39. The molecule has 0 amide bonds. The SMILES string of the molecule is ClCC1CCCCN1Cc1ccccc1Br. The van der Waals surface area contributed by atoms with Crippen LogP contribution in [0.2, 0.25) is 0 Å². The molecule has 1 aliphatic rings. The Morgan fingerprint density at radius 2 is 2.12 bits per heavy atom. The first kappa shape index (κ1) is 12.4. The molecular formula is C13H17BrClN. The second kappa shape index (κ2) is 6.04. The molecule has 0 spiro atoms. The summed E-state index contributed by atoms with van der Waals surface area (Å²) in [5.74, 6) is 0.754. The molecule has 1 nitrogen and oxygen atoms in total. The molecule has 0 N–H and O–H groups in total. The lowest BCUT2D eigenvalue weighted by Crippen LogP contribution is -2.40. The topological polar surface area (TPSA) is 3.24 Å². The van der Waals surface area contributed by atoms with E-state index in [0.717, 1.165) is 12.4 Å². The van der Waals surface area contributed by atoms with Crippen molar-refractivity contribution in [3.05, 3.63) is 34.3 Å². The number of piperidine rings is 1. The summed E-state index contributed by atoms with van der Waals surface area (Å²) >= 11 is 9.63. The van der Waals surface area contributed by atoms with Gasteiger partial charge in [-0.05, 0) is 31.0 Å². The standard InChI is InChI=1S/C13H17BrClN/c14-13-7-2-1-5-11(13)10-16-8-4-3-6-12(16)9-15/h1-2,5,7,12H,3-4,6,8-10H2. The van der Waals surface area contributed by atoms with Crippen LogP contribution >= 0.6 is 27.5 Å². The van der Waals surface area contributed by atoms with Gasteiger partial charge in [0.05, 0.1) is 0 Å². The lowest BCUT2D eigenvalue weighted by Gasteiger charge is -2.34. The fourth-order valence-corrected chi connectivity index (χ4v) is 3.05. The largest absolute Gasteiger partial charge is 0.295 e. The second-order valence-electron chi connectivity index (χ2n) is 4.37. The van der Waals surface area contributed by atoms with Gasteiger partial charge in [0.15, 0.2) is 0 Å². The maximum atomic E-state index is 6.03. The predicted octanol–water partition coefficient (Wildman–Crippen LogP) is 4.04. The summed E-state index contributed by atoms with van der Waals surface area (Å²) in [5.41, 5.74) is 1.36. The molecule has 0 bridgehead atoms. The molecule has 88 valence electrons. The molecular weight excluding hydrogens is 286 g/mol. The number of rotatable bonds is 3. The van der Waals surface area contributed by atoms with Gasteiger partial charge in [-0.1, -0.05) is 40.5 Å². The van der Waals surface area contributed by atoms with Crippen LogP contribution in [-0.4, -0.2) is 23.4 Å². The first-order valence-electron chi connectivity index (χ1n) is 5.84. The van der Waals surface area contributed by atoms with E-state index in [1.165, 1.54) is 35.8 Å². The predicted molar refractivity (Wildman–Crippen MR) is 72.9 cm³/mol. The molecule has 1 heterocycles. The molecule has 1 unspecified atom stereocenters. The van der Waals surface area contributed by atoms with E-state index in [1.807, 2.05) is 0 Å². The average molecular weight is 303 g/mol. The van der Waals surface area contributed by atoms with Crippen molar-refractivity contribution in [3.63, 3.8) is 0 Å². The van der Waals surface area contributed by atoms with Crippen LogP contribution in [0.3, 0.4) is 0 Å². The van der Waals surface area contributed by atoms with Gasteiger partial charge in [-0.15, -0.1) is 11.6 Å². The fraction of sp³-hybridized carbons (Fsp3) is 0.538. The van der Waals surface area contributed by atoms with Crippen LogP contribution in [0.1, 0.15) is 24.8 Å². The number of hydrogen-bond donors (Lipinski definition) is 0. The van der Waals surface area contributed by atoms with Gasteiger partial charge in [0.1, 0.15) is 0 Å². The number of hydrogen-bond acceptors (Lipinski definition) is 1. The van der Waals surface area contributed by atoms with E-state index in [2.05, 4.69) is 45.1 Å². The van der Waals surface area contributed by atoms with Gasteiger partial charge in [-0.25, -0.2) is 0 Å². The Labute approximate surface area is 111 Å². The van der Waals surface area contributed by atoms with Crippen molar-refractivity contribution < 1.29 is 0 Å². The molecule has 3 heteroatoms. The van der Waals surface area contributed by atoms with E-state index in [0.29, 0.717) is 6.04 Å². The van der Waals surface area contributed by atoms with Crippen molar-refractivity contribution in [2.24, 2.45) is 0 Å². The number of nitrogens with zero attached hydrogens (tertiary/aromatic N) is 1. The normalized spacial score (nSPS) is 22.2. The Balaban J connectivity index is 2.05. The highest BCUT2D eigenvalue weighted by molar-refractivity contribution is 9.10. The van der Waals surface area contributed by atoms with Gasteiger partial charge in [0.25, 0.3) is 0 Å². The van der Waals surface area contributed by atoms with Gasteiger partial charge in [-0.3, -0.25) is 4.90 Å². The third-order valence-electron chi connectivity index (χ3n) is 3.26. The smallest absolute Gasteiger partial charge is 0.0379 e. The Hall–Kier alpha value is -0.0500. The molecule has 0 saturated carbocycles. The summed E-state index contributed by atoms with van der Waals surface area (Å²) in [6.07, 6.45) is 3.87. The minimum Gasteiger partial charge on any atom is -0.295 e. The Bertz CT molecular complexity index is 342. The Morgan fingerprint density at radius 1 is 1.31 bits per heavy atom. The fourth-order valence-electron chi connectivity index (χ4n) is 2.29. The highest BCUT2D eigenvalue weighted by Crippen LogP contribution is 2.23. The number of likely N-dealkylation sites (tertiary alicyclic amines) is 1. The highest BCUT2D eigenvalue weighted by Gasteiger charge is 2.21. The van der Waals surface area contributed by atoms with Crippen molar-refractivity contribution in [1.29, 1.82) is 0 Å². The maximum Gasteiger partial charge on any atom is 0.0379 e. The Morgan fingerprint density at radius 3 is 2.88 bits per heavy atom. The zero-order valence-electron chi connectivity index (χ0n) is 9.33. The van der Waals surface area contributed by atoms with Crippen molar-refractivity contribution in [2.45, 2.75) is 31.8 Å². The van der Waals surface area contributed by atoms with Crippen LogP contribution in [0.15, 0.2) is 28.7 Å². The van der Waals surface area contributed by atoms with Crippen LogP contribution in [0.4, 0.5) is 0 Å². The van der Waals surface area contributed by atoms with E-state index in [-0.39, 0.29) is 0 Å². The summed E-state index contributed by atoms with van der Waals surface area (Å²) in [4.78, 5) is 2.51. The minimum atomic E-state index is 0.558. The van der Waals surface area contributed by atoms with Crippen molar-refractivity contribution >= 4 is 27.5 Å². The number of benzene rings is 1. The summed E-state index contributed by atoms with van der Waals surface area (Å²) in [6.45, 7) is 2.19. The molecule has 2 rings (SSSR count). The molecule has 1 aromatic rings. The van der Waals surface area contributed by atoms with Gasteiger partial charge >= 0.3 is 0 Å². The van der Waals surface area contributed by atoms with Gasteiger partial charge in [0.2, 0.25) is 0 Å². The summed E-state index contributed by atoms with van der Waals surface area (Å²) in [5, 5.41) is 0. The van der Waals surface area contributed by atoms with Crippen LogP contribution in [0.5, 0.6) is 0 Å². The van der Waals surface area contributed by atoms with E-state index < -0.39 is 0 Å². The third kappa shape index (κ3) is 2.99. The molecule has 1 atom stereocenters. The maximum absolute atomic E-state index is 6.03. The highest BCUT2D eigenvalue weighted by atomic mass is 79.9. The quantitative estimate of drug-likeness (QED) is 0.762. The molecule has 0 radical (unpaired) electrons. The Kier molecular flexibility index (Phi) is 4.68. The summed E-state index contributed by atoms with van der Waals surface area (Å²) in [7, 11) is 0. The van der Waals surface area contributed by atoms with Crippen molar-refractivity contribution in [1.82, 2.24) is 4.90 Å². The molecule has 1 aliphatic heterocycles. The summed E-state index contributed by atoms with van der Waals surface area (Å²) < 4.78 is 1.20. The zero-order chi connectivity index (χ0) is 11.4. The van der Waals surface area contributed by atoms with E-state index in [1.54, 1.807) is 0 Å². The molecule has 16 heavy (non-hydrogen) atoms. The average Bonchev–Trinajstić information content (AvgIpc) is 2.33. The monoisotopic (exact) mass is 301 g/mol. The second-order valence-corrected chi connectivity index (χ2v) is 5.53. The van der Waals surface area contributed by atoms with Crippen LogP contribution in [0, 0.1) is 0 Å². The van der Waals surface area contributed by atoms with Crippen LogP contribution < -0.4 is 0 Å². The number of alkyl halides is 1. The molecule has 1 aromatic carbocycles. The summed E-state index contributed by atoms with van der Waals surface area (Å²) in [6, 6.07) is 9.00. The van der Waals surface area contributed by atoms with E-state index in [4.69, 9.17) is 11.6 Å². The lowest BCUT2D eigenvalue weighted by molar-refractivity contribution is 0.154. The molecule has 1 saturated heterocycles. The van der Waals surface area contributed by atoms with Crippen LogP contribution in [0.25, 0.3) is 0 Å². The number of halogens is 2. The van der Waals surface area contributed by atoms with Crippen molar-refractivity contribution in [3.8, 4) is 0 Å².